The molecule has 0 bridgehead atoms. The van der Waals surface area contributed by atoms with E-state index in [0.717, 1.165) is 23.4 Å². The number of halogens is 1. The van der Waals surface area contributed by atoms with E-state index in [-0.39, 0.29) is 6.04 Å². The van der Waals surface area contributed by atoms with E-state index in [4.69, 9.17) is 22.1 Å². The fourth-order valence-electron chi connectivity index (χ4n) is 2.32. The Morgan fingerprint density at radius 1 is 1.30 bits per heavy atom. The molecule has 1 heterocycles. The maximum Gasteiger partial charge on any atom is 0.122 e. The molecule has 0 saturated heterocycles. The van der Waals surface area contributed by atoms with Gasteiger partial charge in [-0.05, 0) is 48.2 Å². The van der Waals surface area contributed by atoms with Gasteiger partial charge in [-0.2, -0.15) is 0 Å². The van der Waals surface area contributed by atoms with Gasteiger partial charge in [-0.25, -0.2) is 0 Å². The van der Waals surface area contributed by atoms with Gasteiger partial charge in [-0.1, -0.05) is 24.6 Å². The van der Waals surface area contributed by atoms with Crippen molar-refractivity contribution in [2.75, 3.05) is 7.11 Å². The average Bonchev–Trinajstić information content (AvgIpc) is 2.47. The Hall–Kier alpha value is -1.58. The zero-order valence-corrected chi connectivity index (χ0v) is 12.5. The number of nitrogens with two attached hydrogens (primary N) is 1. The second-order valence-corrected chi connectivity index (χ2v) is 5.10. The molecule has 0 aliphatic carbocycles. The van der Waals surface area contributed by atoms with Gasteiger partial charge in [-0.15, -0.1) is 0 Å². The molecule has 0 aliphatic heterocycles. The van der Waals surface area contributed by atoms with Gasteiger partial charge >= 0.3 is 0 Å². The van der Waals surface area contributed by atoms with E-state index in [2.05, 4.69) is 18.0 Å². The summed E-state index contributed by atoms with van der Waals surface area (Å²) in [6.45, 7) is 2.10. The minimum Gasteiger partial charge on any atom is -0.496 e. The molecule has 1 atom stereocenters. The van der Waals surface area contributed by atoms with Gasteiger partial charge in [0.25, 0.3) is 0 Å². The van der Waals surface area contributed by atoms with E-state index >= 15 is 0 Å². The Kier molecular flexibility index (Phi) is 4.99. The fraction of sp³-hybridized carbons (Fsp3) is 0.312. The van der Waals surface area contributed by atoms with E-state index in [1.165, 1.54) is 5.56 Å². The van der Waals surface area contributed by atoms with Gasteiger partial charge in [0.1, 0.15) is 5.75 Å². The highest BCUT2D eigenvalue weighted by Crippen LogP contribution is 2.27. The van der Waals surface area contributed by atoms with Gasteiger partial charge in [0.15, 0.2) is 0 Å². The highest BCUT2D eigenvalue weighted by Gasteiger charge is 2.15. The zero-order chi connectivity index (χ0) is 14.5. The summed E-state index contributed by atoms with van der Waals surface area (Å²) in [5, 5.41) is 0.685. The lowest BCUT2D eigenvalue weighted by molar-refractivity contribution is 0.408. The number of pyridine rings is 1. The topological polar surface area (TPSA) is 48.1 Å². The number of benzene rings is 1. The molecule has 1 aromatic heterocycles. The molecule has 0 spiro atoms. The van der Waals surface area contributed by atoms with E-state index in [1.54, 1.807) is 13.3 Å². The minimum atomic E-state index is -0.168. The third kappa shape index (κ3) is 3.30. The quantitative estimate of drug-likeness (QED) is 0.916. The number of hydrogen-bond donors (Lipinski definition) is 1. The largest absolute Gasteiger partial charge is 0.496 e. The van der Waals surface area contributed by atoms with Crippen molar-refractivity contribution in [1.82, 2.24) is 4.98 Å². The maximum absolute atomic E-state index is 6.32. The van der Waals surface area contributed by atoms with Crippen LogP contribution in [0, 0.1) is 0 Å². The van der Waals surface area contributed by atoms with Crippen molar-refractivity contribution in [2.24, 2.45) is 5.73 Å². The van der Waals surface area contributed by atoms with Crippen molar-refractivity contribution in [3.63, 3.8) is 0 Å². The molecule has 2 N–H and O–H groups in total. The van der Waals surface area contributed by atoms with Gasteiger partial charge in [0.05, 0.1) is 18.8 Å². The summed E-state index contributed by atoms with van der Waals surface area (Å²) >= 11 is 6.05. The normalized spacial score (nSPS) is 12.2. The summed E-state index contributed by atoms with van der Waals surface area (Å²) in [5.41, 5.74) is 9.44. The number of aryl methyl sites for hydroxylation is 1. The molecule has 2 aromatic rings. The summed E-state index contributed by atoms with van der Waals surface area (Å²) in [6.07, 6.45) is 3.35. The molecule has 0 saturated carbocycles. The number of methoxy groups -OCH3 is 1. The Bertz CT molecular complexity index is 586. The molecule has 106 valence electrons. The highest BCUT2D eigenvalue weighted by molar-refractivity contribution is 6.30. The maximum atomic E-state index is 6.32. The molecule has 3 nitrogen and oxygen atoms in total. The predicted molar refractivity (Wildman–Crippen MR) is 82.3 cm³/mol. The average molecular weight is 291 g/mol. The number of ether oxygens (including phenoxy) is 1. The van der Waals surface area contributed by atoms with E-state index in [1.807, 2.05) is 24.3 Å². The van der Waals surface area contributed by atoms with E-state index in [9.17, 15) is 0 Å². The van der Waals surface area contributed by atoms with Crippen LogP contribution in [0.4, 0.5) is 0 Å². The van der Waals surface area contributed by atoms with Crippen molar-refractivity contribution < 1.29 is 4.74 Å². The van der Waals surface area contributed by atoms with Gasteiger partial charge in [0, 0.05) is 11.2 Å². The van der Waals surface area contributed by atoms with Gasteiger partial charge < -0.3 is 10.5 Å². The standard InChI is InChI=1S/C16H19ClN2O/c1-3-11-5-4-8-19-16(11)14(18)10-12-9-13(17)6-7-15(12)20-2/h4-9,14H,3,10,18H2,1-2H3. The SMILES string of the molecule is CCc1cccnc1C(N)Cc1cc(Cl)ccc1OC. The molecule has 0 radical (unpaired) electrons. The van der Waals surface area contributed by atoms with Crippen LogP contribution in [-0.4, -0.2) is 12.1 Å². The first-order valence-corrected chi connectivity index (χ1v) is 7.05. The van der Waals surface area contributed by atoms with Crippen LogP contribution in [0.1, 0.15) is 29.8 Å². The predicted octanol–water partition coefficient (Wildman–Crippen LogP) is 3.55. The van der Waals surface area contributed by atoms with Crippen LogP contribution in [0.2, 0.25) is 5.02 Å². The Balaban J connectivity index is 2.27. The van der Waals surface area contributed by atoms with Crippen LogP contribution in [0.25, 0.3) is 0 Å². The summed E-state index contributed by atoms with van der Waals surface area (Å²) in [5.74, 6) is 0.804. The lowest BCUT2D eigenvalue weighted by Crippen LogP contribution is -2.17. The molecule has 1 aromatic carbocycles. The fourth-order valence-corrected chi connectivity index (χ4v) is 2.52. The first-order chi connectivity index (χ1) is 9.65. The number of rotatable bonds is 5. The number of nitrogens with zero attached hydrogens (tertiary/aromatic N) is 1. The molecule has 0 amide bonds. The molecular weight excluding hydrogens is 272 g/mol. The lowest BCUT2D eigenvalue weighted by atomic mass is 9.98. The number of aromatic nitrogens is 1. The molecule has 4 heteroatoms. The summed E-state index contributed by atoms with van der Waals surface area (Å²) < 4.78 is 5.36. The van der Waals surface area contributed by atoms with Gasteiger partial charge in [-0.3, -0.25) is 4.98 Å². The Labute approximate surface area is 124 Å². The lowest BCUT2D eigenvalue weighted by Gasteiger charge is -2.16. The van der Waals surface area contributed by atoms with Crippen LogP contribution >= 0.6 is 11.6 Å². The Morgan fingerprint density at radius 3 is 2.80 bits per heavy atom. The zero-order valence-electron chi connectivity index (χ0n) is 11.8. The number of hydrogen-bond acceptors (Lipinski definition) is 3. The second kappa shape index (κ2) is 6.73. The highest BCUT2D eigenvalue weighted by atomic mass is 35.5. The third-order valence-electron chi connectivity index (χ3n) is 3.34. The van der Waals surface area contributed by atoms with Crippen molar-refractivity contribution in [3.8, 4) is 5.75 Å². The third-order valence-corrected chi connectivity index (χ3v) is 3.58. The summed E-state index contributed by atoms with van der Waals surface area (Å²) in [6, 6.07) is 9.41. The first-order valence-electron chi connectivity index (χ1n) is 6.67. The molecule has 0 aliphatic rings. The van der Waals surface area contributed by atoms with E-state index < -0.39 is 0 Å². The van der Waals surface area contributed by atoms with Crippen LogP contribution in [0.15, 0.2) is 36.5 Å². The van der Waals surface area contributed by atoms with E-state index in [0.29, 0.717) is 11.4 Å². The monoisotopic (exact) mass is 290 g/mol. The van der Waals surface area contributed by atoms with Crippen LogP contribution in [-0.2, 0) is 12.8 Å². The molecule has 20 heavy (non-hydrogen) atoms. The van der Waals surface area contributed by atoms with Crippen molar-refractivity contribution in [2.45, 2.75) is 25.8 Å². The smallest absolute Gasteiger partial charge is 0.122 e. The first kappa shape index (κ1) is 14.8. The van der Waals surface area contributed by atoms with Crippen LogP contribution in [0.3, 0.4) is 0 Å². The second-order valence-electron chi connectivity index (χ2n) is 4.67. The minimum absolute atomic E-state index is 0.168. The molecular formula is C16H19ClN2O. The van der Waals surface area contributed by atoms with Crippen LogP contribution < -0.4 is 10.5 Å². The summed E-state index contributed by atoms with van der Waals surface area (Å²) in [7, 11) is 1.65. The van der Waals surface area contributed by atoms with Crippen molar-refractivity contribution in [1.29, 1.82) is 0 Å². The molecule has 0 fully saturated rings. The molecule has 1 unspecified atom stereocenters. The van der Waals surface area contributed by atoms with Crippen LogP contribution in [0.5, 0.6) is 5.75 Å². The van der Waals surface area contributed by atoms with Crippen molar-refractivity contribution >= 4 is 11.6 Å². The Morgan fingerprint density at radius 2 is 2.10 bits per heavy atom. The van der Waals surface area contributed by atoms with Crippen molar-refractivity contribution in [3.05, 3.63) is 58.4 Å². The summed E-state index contributed by atoms with van der Waals surface area (Å²) in [4.78, 5) is 4.42. The van der Waals surface area contributed by atoms with Gasteiger partial charge in [0.2, 0.25) is 0 Å². The molecule has 2 rings (SSSR count).